The number of likely N-dealkylation sites (tertiary alicyclic amines) is 1. The molecule has 2 aromatic heterocycles. The summed E-state index contributed by atoms with van der Waals surface area (Å²) in [5, 5.41) is 8.22. The highest BCUT2D eigenvalue weighted by Gasteiger charge is 2.32. The third kappa shape index (κ3) is 3.72. The minimum absolute atomic E-state index is 0.0963. The van der Waals surface area contributed by atoms with Crippen LogP contribution in [0.3, 0.4) is 0 Å². The highest BCUT2D eigenvalue weighted by molar-refractivity contribution is 6.33. The Labute approximate surface area is 164 Å². The molecule has 4 heterocycles. The first-order chi connectivity index (χ1) is 13.0. The van der Waals surface area contributed by atoms with Crippen molar-refractivity contribution >= 4 is 17.5 Å². The first-order valence-electron chi connectivity index (χ1n) is 9.47. The standard InChI is InChI=1S/C19H25ClN6O/c1-13-11-14(2)26(23-13)17-4-3-16(20)18(22-17)19(27)25-8-5-15(12-25)24-9-6-21-7-10-24/h3-4,11,15,21H,5-10,12H2,1-2H3. The molecule has 0 aromatic carbocycles. The molecule has 0 bridgehead atoms. The highest BCUT2D eigenvalue weighted by Crippen LogP contribution is 2.23. The molecule has 0 radical (unpaired) electrons. The van der Waals surface area contributed by atoms with E-state index in [0.717, 1.165) is 57.1 Å². The maximum Gasteiger partial charge on any atom is 0.274 e. The van der Waals surface area contributed by atoms with Crippen molar-refractivity contribution in [2.75, 3.05) is 39.3 Å². The van der Waals surface area contributed by atoms with E-state index in [0.29, 0.717) is 22.6 Å². The number of hydrogen-bond donors (Lipinski definition) is 1. The second kappa shape index (κ2) is 7.58. The molecule has 2 saturated heterocycles. The van der Waals surface area contributed by atoms with Crippen molar-refractivity contribution in [3.63, 3.8) is 0 Å². The van der Waals surface area contributed by atoms with Crippen molar-refractivity contribution in [2.24, 2.45) is 0 Å². The van der Waals surface area contributed by atoms with Gasteiger partial charge in [0.25, 0.3) is 5.91 Å². The van der Waals surface area contributed by atoms with Gasteiger partial charge in [-0.3, -0.25) is 9.69 Å². The van der Waals surface area contributed by atoms with Gasteiger partial charge in [-0.05, 0) is 38.5 Å². The number of hydrogen-bond acceptors (Lipinski definition) is 5. The van der Waals surface area contributed by atoms with Gasteiger partial charge in [0.15, 0.2) is 5.82 Å². The first-order valence-corrected chi connectivity index (χ1v) is 9.85. The van der Waals surface area contributed by atoms with Crippen LogP contribution >= 0.6 is 11.6 Å². The summed E-state index contributed by atoms with van der Waals surface area (Å²) in [5.74, 6) is 0.521. The van der Waals surface area contributed by atoms with E-state index in [1.54, 1.807) is 16.8 Å². The molecule has 7 nitrogen and oxygen atoms in total. The van der Waals surface area contributed by atoms with Crippen LogP contribution < -0.4 is 5.32 Å². The molecule has 0 spiro atoms. The smallest absolute Gasteiger partial charge is 0.274 e. The lowest BCUT2D eigenvalue weighted by Crippen LogP contribution is -2.49. The Hall–Kier alpha value is -1.96. The average molecular weight is 389 g/mol. The number of amides is 1. The van der Waals surface area contributed by atoms with Crippen LogP contribution in [0.4, 0.5) is 0 Å². The number of rotatable bonds is 3. The van der Waals surface area contributed by atoms with Gasteiger partial charge in [-0.15, -0.1) is 0 Å². The normalized spacial score (nSPS) is 21.0. The van der Waals surface area contributed by atoms with Gasteiger partial charge >= 0.3 is 0 Å². The summed E-state index contributed by atoms with van der Waals surface area (Å²) in [7, 11) is 0. The summed E-state index contributed by atoms with van der Waals surface area (Å²) in [6, 6.07) is 5.94. The molecular formula is C19H25ClN6O. The van der Waals surface area contributed by atoms with Gasteiger partial charge in [0, 0.05) is 51.0 Å². The Morgan fingerprint density at radius 1 is 1.22 bits per heavy atom. The molecule has 27 heavy (non-hydrogen) atoms. The summed E-state index contributed by atoms with van der Waals surface area (Å²) in [6.45, 7) is 9.50. The van der Waals surface area contributed by atoms with Crippen molar-refractivity contribution in [3.05, 3.63) is 40.3 Å². The zero-order valence-corrected chi connectivity index (χ0v) is 16.5. The number of aromatic nitrogens is 3. The minimum atomic E-state index is -0.0963. The largest absolute Gasteiger partial charge is 0.336 e. The van der Waals surface area contributed by atoms with Crippen LogP contribution in [0.15, 0.2) is 18.2 Å². The van der Waals surface area contributed by atoms with E-state index >= 15 is 0 Å². The molecule has 2 fully saturated rings. The quantitative estimate of drug-likeness (QED) is 0.866. The fourth-order valence-electron chi connectivity index (χ4n) is 3.98. The van der Waals surface area contributed by atoms with Gasteiger partial charge < -0.3 is 10.2 Å². The Morgan fingerprint density at radius 3 is 2.70 bits per heavy atom. The molecule has 4 rings (SSSR count). The lowest BCUT2D eigenvalue weighted by atomic mass is 10.2. The Morgan fingerprint density at radius 2 is 2.00 bits per heavy atom. The van der Waals surface area contributed by atoms with Crippen LogP contribution in [-0.4, -0.2) is 75.8 Å². The number of carbonyl (C=O) groups is 1. The summed E-state index contributed by atoms with van der Waals surface area (Å²) in [4.78, 5) is 22.0. The molecule has 1 unspecified atom stereocenters. The molecule has 2 aliphatic rings. The monoisotopic (exact) mass is 388 g/mol. The molecule has 1 N–H and O–H groups in total. The van der Waals surface area contributed by atoms with Gasteiger partial charge in [0.05, 0.1) is 10.7 Å². The van der Waals surface area contributed by atoms with E-state index in [1.807, 2.05) is 24.8 Å². The third-order valence-corrected chi connectivity index (χ3v) is 5.68. The fraction of sp³-hybridized carbons (Fsp3) is 0.526. The summed E-state index contributed by atoms with van der Waals surface area (Å²) in [5.41, 5.74) is 2.19. The number of nitrogens with zero attached hydrogens (tertiary/aromatic N) is 5. The molecule has 144 valence electrons. The van der Waals surface area contributed by atoms with Crippen LogP contribution in [0.2, 0.25) is 5.02 Å². The SMILES string of the molecule is Cc1cc(C)n(-c2ccc(Cl)c(C(=O)N3CCC(N4CCNCC4)C3)n2)n1. The molecular weight excluding hydrogens is 364 g/mol. The number of piperazine rings is 1. The predicted molar refractivity (Wildman–Crippen MR) is 105 cm³/mol. The highest BCUT2D eigenvalue weighted by atomic mass is 35.5. The zero-order chi connectivity index (χ0) is 19.0. The second-order valence-electron chi connectivity index (χ2n) is 7.32. The van der Waals surface area contributed by atoms with Gasteiger partial charge in [-0.2, -0.15) is 5.10 Å². The number of nitrogens with one attached hydrogen (secondary N) is 1. The summed E-state index contributed by atoms with van der Waals surface area (Å²) in [6.07, 6.45) is 1.00. The Kier molecular flexibility index (Phi) is 5.16. The van der Waals surface area contributed by atoms with E-state index in [2.05, 4.69) is 20.3 Å². The van der Waals surface area contributed by atoms with Gasteiger partial charge in [-0.1, -0.05) is 11.6 Å². The average Bonchev–Trinajstić information content (AvgIpc) is 3.29. The van der Waals surface area contributed by atoms with E-state index in [9.17, 15) is 4.79 Å². The lowest BCUT2D eigenvalue weighted by Gasteiger charge is -2.32. The lowest BCUT2D eigenvalue weighted by molar-refractivity contribution is 0.0768. The first kappa shape index (κ1) is 18.4. The zero-order valence-electron chi connectivity index (χ0n) is 15.8. The third-order valence-electron chi connectivity index (χ3n) is 5.38. The number of aryl methyl sites for hydroxylation is 2. The summed E-state index contributed by atoms with van der Waals surface area (Å²) >= 11 is 6.33. The van der Waals surface area contributed by atoms with Crippen molar-refractivity contribution in [1.29, 1.82) is 0 Å². The van der Waals surface area contributed by atoms with Gasteiger partial charge in [0.2, 0.25) is 0 Å². The maximum absolute atomic E-state index is 13.1. The molecule has 2 aromatic rings. The molecule has 2 aliphatic heterocycles. The van der Waals surface area contributed by atoms with Crippen LogP contribution in [0.25, 0.3) is 5.82 Å². The van der Waals surface area contributed by atoms with Crippen molar-refractivity contribution in [1.82, 2.24) is 29.9 Å². The van der Waals surface area contributed by atoms with Crippen molar-refractivity contribution in [2.45, 2.75) is 26.3 Å². The van der Waals surface area contributed by atoms with E-state index in [-0.39, 0.29) is 5.91 Å². The number of pyridine rings is 1. The van der Waals surface area contributed by atoms with Gasteiger partial charge in [-0.25, -0.2) is 9.67 Å². The molecule has 1 amide bonds. The van der Waals surface area contributed by atoms with Crippen LogP contribution in [0, 0.1) is 13.8 Å². The van der Waals surface area contributed by atoms with Gasteiger partial charge in [0.1, 0.15) is 5.69 Å². The molecule has 1 atom stereocenters. The fourth-order valence-corrected chi connectivity index (χ4v) is 4.17. The predicted octanol–water partition coefficient (Wildman–Crippen LogP) is 1.66. The Bertz CT molecular complexity index is 845. The second-order valence-corrected chi connectivity index (χ2v) is 7.73. The van der Waals surface area contributed by atoms with Crippen LogP contribution in [0.5, 0.6) is 0 Å². The van der Waals surface area contributed by atoms with Crippen LogP contribution in [-0.2, 0) is 0 Å². The van der Waals surface area contributed by atoms with Crippen LogP contribution in [0.1, 0.15) is 28.3 Å². The maximum atomic E-state index is 13.1. The number of carbonyl (C=O) groups excluding carboxylic acids is 1. The van der Waals surface area contributed by atoms with E-state index in [4.69, 9.17) is 11.6 Å². The van der Waals surface area contributed by atoms with Crippen molar-refractivity contribution in [3.8, 4) is 5.82 Å². The molecule has 0 saturated carbocycles. The molecule has 0 aliphatic carbocycles. The topological polar surface area (TPSA) is 66.3 Å². The Balaban J connectivity index is 1.53. The van der Waals surface area contributed by atoms with E-state index < -0.39 is 0 Å². The minimum Gasteiger partial charge on any atom is -0.336 e. The summed E-state index contributed by atoms with van der Waals surface area (Å²) < 4.78 is 1.75. The van der Waals surface area contributed by atoms with E-state index in [1.165, 1.54) is 0 Å². The molecule has 8 heteroatoms. The number of halogens is 1. The van der Waals surface area contributed by atoms with Crippen molar-refractivity contribution < 1.29 is 4.79 Å².